The molecule has 0 aliphatic heterocycles. The number of imidazole rings is 1. The fourth-order valence-corrected chi connectivity index (χ4v) is 8.49. The number of pyridine rings is 1. The van der Waals surface area contributed by atoms with Gasteiger partial charge in [-0.05, 0) is 138 Å². The summed E-state index contributed by atoms with van der Waals surface area (Å²) in [5, 5.41) is 12.4. The second-order valence-corrected chi connectivity index (χ2v) is 18.7. The van der Waals surface area contributed by atoms with Gasteiger partial charge < -0.3 is 5.11 Å². The van der Waals surface area contributed by atoms with Crippen LogP contribution in [0.3, 0.4) is 0 Å². The van der Waals surface area contributed by atoms with Gasteiger partial charge in [-0.1, -0.05) is 178 Å². The third kappa shape index (κ3) is 8.73. The van der Waals surface area contributed by atoms with Gasteiger partial charge in [0.15, 0.2) is 0 Å². The summed E-state index contributed by atoms with van der Waals surface area (Å²) in [7, 11) is 0. The van der Waals surface area contributed by atoms with Gasteiger partial charge in [-0.25, -0.2) is 4.98 Å². The Morgan fingerprint density at radius 3 is 1.83 bits per heavy atom. The smallest absolute Gasteiger partial charge is 0.149 e. The highest BCUT2D eigenvalue weighted by Crippen LogP contribution is 2.44. The van der Waals surface area contributed by atoms with E-state index in [-0.39, 0.29) is 34.1 Å². The molecule has 2 aromatic heterocycles. The van der Waals surface area contributed by atoms with E-state index in [0.29, 0.717) is 28.2 Å². The lowest BCUT2D eigenvalue weighted by Gasteiger charge is -2.23. The van der Waals surface area contributed by atoms with Crippen LogP contribution in [0.4, 0.5) is 0 Å². The van der Waals surface area contributed by atoms with E-state index in [4.69, 9.17) is 25.0 Å². The first-order chi connectivity index (χ1) is 37.0. The zero-order valence-electron chi connectivity index (χ0n) is 51.3. The molecule has 66 heavy (non-hydrogen) atoms. The van der Waals surface area contributed by atoms with Gasteiger partial charge in [0.2, 0.25) is 0 Å². The van der Waals surface area contributed by atoms with Crippen molar-refractivity contribution in [1.82, 2.24) is 14.5 Å². The maximum Gasteiger partial charge on any atom is 0.149 e. The van der Waals surface area contributed by atoms with Gasteiger partial charge in [-0.3, -0.25) is 9.55 Å². The minimum absolute atomic E-state index is 0.00225. The van der Waals surface area contributed by atoms with Crippen LogP contribution in [0.5, 0.6) is 5.75 Å². The molecule has 0 spiro atoms. The van der Waals surface area contributed by atoms with E-state index in [9.17, 15) is 7.85 Å². The van der Waals surface area contributed by atoms with Crippen LogP contribution in [-0.2, 0) is 10.8 Å². The zero-order valence-corrected chi connectivity index (χ0v) is 38.3. The SMILES string of the molecule is [2H]c1c([2H])c(C(C([2H])([2H])[2H])(C([2H])([2H])[2H])C([2H])([2H])[2H])c([2H])c([2H])c1-c1ccnc(-c2cc(-c3ccccc3)cc(-c3cccc4c3nc(-c3cc(C(C)C)cc(C(C)C)c3O)n4-c3cc(-c4ccccc4)cc(C(C)(C)C)c3)c2)c1. The normalized spacial score (nSPS) is 15.6. The van der Waals surface area contributed by atoms with Crippen LogP contribution in [0.25, 0.3) is 83.9 Å². The Bertz CT molecular complexity index is 3730. The fourth-order valence-electron chi connectivity index (χ4n) is 8.49. The topological polar surface area (TPSA) is 50.9 Å². The molecule has 4 heteroatoms. The molecular weight excluding hydrogens is 803 g/mol. The van der Waals surface area contributed by atoms with Crippen molar-refractivity contribution < 1.29 is 22.9 Å². The Morgan fingerprint density at radius 2 is 1.20 bits per heavy atom. The third-order valence-corrected chi connectivity index (χ3v) is 12.2. The first-order valence-electron chi connectivity index (χ1n) is 28.8. The van der Waals surface area contributed by atoms with E-state index in [1.165, 1.54) is 12.3 Å². The number of aromatic nitrogens is 3. The van der Waals surface area contributed by atoms with Crippen LogP contribution >= 0.6 is 0 Å². The quantitative estimate of drug-likeness (QED) is 0.157. The van der Waals surface area contributed by atoms with Gasteiger partial charge in [-0.15, -0.1) is 0 Å². The van der Waals surface area contributed by atoms with Gasteiger partial charge in [0, 0.05) is 35.3 Å². The van der Waals surface area contributed by atoms with Crippen LogP contribution < -0.4 is 0 Å². The molecule has 330 valence electrons. The average molecular weight is 877 g/mol. The Morgan fingerprint density at radius 1 is 0.545 bits per heavy atom. The first-order valence-corrected chi connectivity index (χ1v) is 22.3. The van der Waals surface area contributed by atoms with Crippen LogP contribution in [0, 0.1) is 0 Å². The first kappa shape index (κ1) is 31.0. The number of phenols is 1. The highest BCUT2D eigenvalue weighted by Gasteiger charge is 2.26. The third-order valence-electron chi connectivity index (χ3n) is 12.2. The molecule has 0 fully saturated rings. The predicted molar refractivity (Wildman–Crippen MR) is 279 cm³/mol. The van der Waals surface area contributed by atoms with Crippen LogP contribution in [-0.4, -0.2) is 19.6 Å². The number of aromatic hydroxyl groups is 1. The summed E-state index contributed by atoms with van der Waals surface area (Å²) < 4.78 is 113. The van der Waals surface area contributed by atoms with Crippen molar-refractivity contribution in [2.75, 3.05) is 0 Å². The van der Waals surface area contributed by atoms with Crippen molar-refractivity contribution >= 4 is 11.0 Å². The number of benzene rings is 7. The van der Waals surface area contributed by atoms with Crippen molar-refractivity contribution in [2.45, 2.75) is 91.7 Å². The van der Waals surface area contributed by atoms with E-state index in [1.807, 2.05) is 84.9 Å². The summed E-state index contributed by atoms with van der Waals surface area (Å²) in [5.41, 5.74) is 6.55. The molecule has 4 nitrogen and oxygen atoms in total. The van der Waals surface area contributed by atoms with E-state index >= 15 is 0 Å². The minimum atomic E-state index is -3.81. The van der Waals surface area contributed by atoms with Crippen LogP contribution in [0.2, 0.25) is 0 Å². The molecular formula is C62H61N3O. The molecule has 0 aliphatic rings. The highest BCUT2D eigenvalue weighted by molar-refractivity contribution is 5.98. The maximum atomic E-state index is 12.4. The average Bonchev–Trinajstić information content (AvgIpc) is 3.93. The Kier molecular flexibility index (Phi) is 8.17. The van der Waals surface area contributed by atoms with E-state index in [0.717, 1.165) is 61.3 Å². The summed E-state index contributed by atoms with van der Waals surface area (Å²) >= 11 is 0. The Hall–Kier alpha value is -7.04. The van der Waals surface area contributed by atoms with Crippen LogP contribution in [0.15, 0.2) is 170 Å². The second-order valence-electron chi connectivity index (χ2n) is 18.7. The summed E-state index contributed by atoms with van der Waals surface area (Å²) in [6.45, 7) is 3.51. The van der Waals surface area contributed by atoms with Gasteiger partial charge in [-0.2, -0.15) is 0 Å². The molecule has 0 saturated carbocycles. The summed E-state index contributed by atoms with van der Waals surface area (Å²) in [6, 6.07) is 41.8. The second kappa shape index (κ2) is 17.4. The zero-order chi connectivity index (χ0) is 57.5. The van der Waals surface area contributed by atoms with Gasteiger partial charge >= 0.3 is 0 Å². The van der Waals surface area contributed by atoms with Crippen molar-refractivity contribution in [2.24, 2.45) is 0 Å². The molecule has 9 rings (SSSR count). The summed E-state index contributed by atoms with van der Waals surface area (Å²) in [5.74, 6) is 0.826. The Labute approximate surface area is 410 Å². The maximum absolute atomic E-state index is 12.4. The number of hydrogen-bond donors (Lipinski definition) is 1. The molecule has 0 amide bonds. The summed E-state index contributed by atoms with van der Waals surface area (Å²) in [4.78, 5) is 10.3. The number of nitrogens with zero attached hydrogens (tertiary/aromatic N) is 3. The van der Waals surface area contributed by atoms with Gasteiger partial charge in [0.05, 0.1) is 27.8 Å². The van der Waals surface area contributed by atoms with Crippen molar-refractivity contribution in [3.8, 4) is 78.6 Å². The summed E-state index contributed by atoms with van der Waals surface area (Å²) in [6.07, 6.45) is 1.43. The fraction of sp³-hybridized carbons (Fsp3) is 0.226. The van der Waals surface area contributed by atoms with Crippen molar-refractivity contribution in [3.63, 3.8) is 0 Å². The molecule has 1 N–H and O–H groups in total. The van der Waals surface area contributed by atoms with Crippen molar-refractivity contribution in [3.05, 3.63) is 192 Å². The number of phenolic OH excluding ortho intramolecular Hbond substituents is 1. The molecule has 0 atom stereocenters. The van der Waals surface area contributed by atoms with E-state index < -0.39 is 55.7 Å². The molecule has 2 heterocycles. The van der Waals surface area contributed by atoms with E-state index in [2.05, 4.69) is 95.5 Å². The number of para-hydroxylation sites is 1. The van der Waals surface area contributed by atoms with E-state index in [1.54, 1.807) is 6.07 Å². The Balaban J connectivity index is 1.31. The molecule has 7 aromatic carbocycles. The lowest BCUT2D eigenvalue weighted by molar-refractivity contribution is 0.466. The molecule has 0 saturated heterocycles. The molecule has 0 unspecified atom stereocenters. The molecule has 0 aliphatic carbocycles. The van der Waals surface area contributed by atoms with Crippen LogP contribution in [0.1, 0.15) is 121 Å². The lowest BCUT2D eigenvalue weighted by atomic mass is 9.85. The number of rotatable bonds is 9. The standard InChI is InChI=1S/C62H61N3O/c1-39(2)45-35-54(40(3)4)59(66)55(36-45)60-64-58-53(22-17-23-57(58)65(60)52-34-47(42-20-15-12-16-21-42)33-51(38-52)62(8,9)10)48-30-46(41-18-13-11-14-19-41)31-49(32-48)56-37-44(28-29-63-56)43-24-26-50(27-25-43)61(5,6)7/h11-40,66H,1-10H3/i5D3,6D3,7D3,24D,25D,26D,27D. The number of hydrogen-bond acceptors (Lipinski definition) is 3. The lowest BCUT2D eigenvalue weighted by Crippen LogP contribution is -2.12. The molecule has 9 aromatic rings. The monoisotopic (exact) mass is 877 g/mol. The predicted octanol–water partition coefficient (Wildman–Crippen LogP) is 17.0. The van der Waals surface area contributed by atoms with Gasteiger partial charge in [0.25, 0.3) is 0 Å². The minimum Gasteiger partial charge on any atom is -0.507 e. The van der Waals surface area contributed by atoms with Gasteiger partial charge in [0.1, 0.15) is 11.6 Å². The molecule has 0 bridgehead atoms. The largest absolute Gasteiger partial charge is 0.507 e. The number of fused-ring (bicyclic) bond motifs is 1. The highest BCUT2D eigenvalue weighted by atomic mass is 16.3. The van der Waals surface area contributed by atoms with Crippen molar-refractivity contribution in [1.29, 1.82) is 0 Å². The molecule has 0 radical (unpaired) electrons.